The van der Waals surface area contributed by atoms with Gasteiger partial charge in [-0.15, -0.1) is 5.10 Å². The van der Waals surface area contributed by atoms with Crippen LogP contribution in [-0.2, 0) is 4.79 Å². The number of rotatable bonds is 7. The third-order valence-electron chi connectivity index (χ3n) is 5.51. The molecule has 4 rings (SSSR count). The van der Waals surface area contributed by atoms with E-state index in [9.17, 15) is 14.9 Å². The largest absolute Gasteiger partial charge is 0.349 e. The molecule has 0 aliphatic rings. The Morgan fingerprint density at radius 1 is 1.09 bits per heavy atom. The second kappa shape index (κ2) is 9.32. The SMILES string of the molecule is CCC(CC)C(=O)Nc1cccc2cc(C(=O)Nc3ccc(C#N)cc3-c3nnn[nH]3)[nH]c12. The zero-order valence-corrected chi connectivity index (χ0v) is 18.1. The first-order valence-corrected chi connectivity index (χ1v) is 10.6. The van der Waals surface area contributed by atoms with Gasteiger partial charge in [0.1, 0.15) is 5.69 Å². The molecule has 0 spiro atoms. The fraction of sp³-hybridized carbons (Fsp3) is 0.217. The van der Waals surface area contributed by atoms with Gasteiger partial charge in [0.05, 0.1) is 28.5 Å². The summed E-state index contributed by atoms with van der Waals surface area (Å²) < 4.78 is 0. The van der Waals surface area contributed by atoms with Gasteiger partial charge >= 0.3 is 0 Å². The fourth-order valence-electron chi connectivity index (χ4n) is 3.66. The van der Waals surface area contributed by atoms with Gasteiger partial charge in [-0.2, -0.15) is 5.26 Å². The Kier molecular flexibility index (Phi) is 6.13. The van der Waals surface area contributed by atoms with Crippen molar-refractivity contribution in [3.63, 3.8) is 0 Å². The van der Waals surface area contributed by atoms with Gasteiger partial charge < -0.3 is 15.6 Å². The Morgan fingerprint density at radius 3 is 2.61 bits per heavy atom. The molecule has 2 aromatic heterocycles. The zero-order chi connectivity index (χ0) is 23.4. The van der Waals surface area contributed by atoms with Crippen molar-refractivity contribution < 1.29 is 9.59 Å². The van der Waals surface area contributed by atoms with Crippen LogP contribution in [0.4, 0.5) is 11.4 Å². The molecule has 10 nitrogen and oxygen atoms in total. The summed E-state index contributed by atoms with van der Waals surface area (Å²) in [6.45, 7) is 3.97. The summed E-state index contributed by atoms with van der Waals surface area (Å²) in [5, 5.41) is 29.5. The van der Waals surface area contributed by atoms with Crippen LogP contribution >= 0.6 is 0 Å². The molecule has 0 fully saturated rings. The number of hydrogen-bond donors (Lipinski definition) is 4. The molecular weight excluding hydrogens is 420 g/mol. The van der Waals surface area contributed by atoms with E-state index in [0.717, 1.165) is 18.2 Å². The van der Waals surface area contributed by atoms with Gasteiger partial charge in [0.25, 0.3) is 5.91 Å². The Hall–Kier alpha value is -4.52. The van der Waals surface area contributed by atoms with Crippen molar-refractivity contribution in [2.24, 2.45) is 5.92 Å². The van der Waals surface area contributed by atoms with Crippen molar-refractivity contribution in [1.82, 2.24) is 25.6 Å². The molecule has 33 heavy (non-hydrogen) atoms. The molecule has 2 heterocycles. The quantitative estimate of drug-likeness (QED) is 0.341. The van der Waals surface area contributed by atoms with Gasteiger partial charge in [-0.25, -0.2) is 5.10 Å². The fourth-order valence-corrected chi connectivity index (χ4v) is 3.66. The second-order valence-electron chi connectivity index (χ2n) is 7.53. The number of fused-ring (bicyclic) bond motifs is 1. The molecule has 0 aliphatic heterocycles. The molecule has 0 saturated carbocycles. The normalized spacial score (nSPS) is 10.8. The van der Waals surface area contributed by atoms with Gasteiger partial charge in [0, 0.05) is 16.9 Å². The third kappa shape index (κ3) is 4.43. The maximum Gasteiger partial charge on any atom is 0.272 e. The van der Waals surface area contributed by atoms with E-state index in [1.807, 2.05) is 26.0 Å². The lowest BCUT2D eigenvalue weighted by atomic mass is 10.0. The van der Waals surface area contributed by atoms with Crippen LogP contribution in [0.1, 0.15) is 42.7 Å². The number of nitrogens with zero attached hydrogens (tertiary/aromatic N) is 4. The number of nitrogens with one attached hydrogen (secondary N) is 4. The van der Waals surface area contributed by atoms with Crippen molar-refractivity contribution >= 4 is 34.1 Å². The van der Waals surface area contributed by atoms with Crippen molar-refractivity contribution in [3.8, 4) is 17.5 Å². The number of aromatic nitrogens is 5. The van der Waals surface area contributed by atoms with E-state index in [2.05, 4.69) is 42.3 Å². The average molecular weight is 442 g/mol. The molecule has 4 N–H and O–H groups in total. The van der Waals surface area contributed by atoms with Crippen LogP contribution < -0.4 is 10.6 Å². The van der Waals surface area contributed by atoms with Crippen LogP contribution in [0.25, 0.3) is 22.3 Å². The highest BCUT2D eigenvalue weighted by molar-refractivity contribution is 6.09. The first-order valence-electron chi connectivity index (χ1n) is 10.6. The highest BCUT2D eigenvalue weighted by Gasteiger charge is 2.18. The number of aromatic amines is 2. The molecular formula is C23H22N8O2. The zero-order valence-electron chi connectivity index (χ0n) is 18.1. The maximum atomic E-state index is 13.0. The van der Waals surface area contributed by atoms with E-state index >= 15 is 0 Å². The van der Waals surface area contributed by atoms with Crippen molar-refractivity contribution in [2.45, 2.75) is 26.7 Å². The van der Waals surface area contributed by atoms with Gasteiger partial charge in [0.15, 0.2) is 5.82 Å². The minimum atomic E-state index is -0.387. The molecule has 2 amide bonds. The minimum Gasteiger partial charge on any atom is -0.349 e. The van der Waals surface area contributed by atoms with E-state index in [1.54, 1.807) is 30.3 Å². The van der Waals surface area contributed by atoms with E-state index in [-0.39, 0.29) is 17.7 Å². The molecule has 0 saturated heterocycles. The Bertz CT molecular complexity index is 1350. The van der Waals surface area contributed by atoms with Crippen LogP contribution in [-0.4, -0.2) is 37.4 Å². The lowest BCUT2D eigenvalue weighted by Crippen LogP contribution is -2.21. The number of carbonyl (C=O) groups excluding carboxylic acids is 2. The first kappa shape index (κ1) is 21.7. The first-order chi connectivity index (χ1) is 16.0. The molecule has 0 bridgehead atoms. The molecule has 0 aliphatic carbocycles. The second-order valence-corrected chi connectivity index (χ2v) is 7.53. The van der Waals surface area contributed by atoms with Crippen molar-refractivity contribution in [3.05, 3.63) is 53.7 Å². The lowest BCUT2D eigenvalue weighted by molar-refractivity contribution is -0.120. The monoisotopic (exact) mass is 442 g/mol. The summed E-state index contributed by atoms with van der Waals surface area (Å²) >= 11 is 0. The number of para-hydroxylation sites is 1. The maximum absolute atomic E-state index is 13.0. The number of tetrazole rings is 1. The Morgan fingerprint density at radius 2 is 1.91 bits per heavy atom. The molecule has 4 aromatic rings. The summed E-state index contributed by atoms with van der Waals surface area (Å²) in [6.07, 6.45) is 1.51. The topological polar surface area (TPSA) is 152 Å². The minimum absolute atomic E-state index is 0.0454. The van der Waals surface area contributed by atoms with E-state index in [0.29, 0.717) is 39.5 Å². The van der Waals surface area contributed by atoms with Crippen LogP contribution in [0.3, 0.4) is 0 Å². The smallest absolute Gasteiger partial charge is 0.272 e. The predicted molar refractivity (Wildman–Crippen MR) is 123 cm³/mol. The summed E-state index contributed by atoms with van der Waals surface area (Å²) in [5.74, 6) is -0.179. The summed E-state index contributed by atoms with van der Waals surface area (Å²) in [6, 6.07) is 14.1. The van der Waals surface area contributed by atoms with Crippen molar-refractivity contribution in [1.29, 1.82) is 5.26 Å². The molecule has 0 atom stereocenters. The third-order valence-corrected chi connectivity index (χ3v) is 5.51. The molecule has 0 unspecified atom stereocenters. The summed E-state index contributed by atoms with van der Waals surface area (Å²) in [7, 11) is 0. The van der Waals surface area contributed by atoms with Gasteiger partial charge in [-0.1, -0.05) is 26.0 Å². The van der Waals surface area contributed by atoms with E-state index in [1.165, 1.54) is 0 Å². The Balaban J connectivity index is 1.63. The number of benzene rings is 2. The summed E-state index contributed by atoms with van der Waals surface area (Å²) in [5.41, 5.74) is 2.94. The van der Waals surface area contributed by atoms with Crippen LogP contribution in [0.2, 0.25) is 0 Å². The van der Waals surface area contributed by atoms with Gasteiger partial charge in [0.2, 0.25) is 5.91 Å². The number of nitriles is 1. The Labute approximate surface area is 189 Å². The van der Waals surface area contributed by atoms with Gasteiger partial charge in [-0.05, 0) is 53.6 Å². The lowest BCUT2D eigenvalue weighted by Gasteiger charge is -2.13. The highest BCUT2D eigenvalue weighted by atomic mass is 16.2. The predicted octanol–water partition coefficient (Wildman–Crippen LogP) is 3.85. The number of amides is 2. The van der Waals surface area contributed by atoms with E-state index in [4.69, 9.17) is 0 Å². The average Bonchev–Trinajstić information content (AvgIpc) is 3.51. The van der Waals surface area contributed by atoms with Crippen LogP contribution in [0, 0.1) is 17.2 Å². The molecule has 0 radical (unpaired) electrons. The van der Waals surface area contributed by atoms with Crippen LogP contribution in [0.5, 0.6) is 0 Å². The molecule has 10 heteroatoms. The number of hydrogen-bond acceptors (Lipinski definition) is 6. The van der Waals surface area contributed by atoms with Gasteiger partial charge in [-0.3, -0.25) is 9.59 Å². The van der Waals surface area contributed by atoms with Crippen molar-refractivity contribution in [2.75, 3.05) is 10.6 Å². The van der Waals surface area contributed by atoms with E-state index < -0.39 is 0 Å². The number of anilines is 2. The number of H-pyrrole nitrogens is 2. The molecule has 166 valence electrons. The highest BCUT2D eigenvalue weighted by Crippen LogP contribution is 2.28. The molecule has 2 aromatic carbocycles. The number of carbonyl (C=O) groups is 2. The summed E-state index contributed by atoms with van der Waals surface area (Å²) in [4.78, 5) is 28.7. The standard InChI is InChI=1S/C23H22N8O2/c1-3-14(4-2)22(32)27-18-7-5-6-15-11-19(25-20(15)18)23(33)26-17-9-8-13(12-24)10-16(17)21-28-30-31-29-21/h5-11,14,25H,3-4H2,1-2H3,(H,26,33)(H,27,32)(H,28,29,30,31). The van der Waals surface area contributed by atoms with Crippen LogP contribution in [0.15, 0.2) is 42.5 Å².